The van der Waals surface area contributed by atoms with Gasteiger partial charge in [0.25, 0.3) is 0 Å². The van der Waals surface area contributed by atoms with E-state index in [9.17, 15) is 0 Å². The van der Waals surface area contributed by atoms with Crippen LogP contribution in [0, 0.1) is 0 Å². The van der Waals surface area contributed by atoms with Gasteiger partial charge in [-0.3, -0.25) is 0 Å². The molecular weight excluding hydrogens is 777 g/mol. The lowest BCUT2D eigenvalue weighted by molar-refractivity contribution is 0.669. The Morgan fingerprint density at radius 3 is 1.05 bits per heavy atom. The molecule has 0 unspecified atom stereocenters. The Labute approximate surface area is 367 Å². The van der Waals surface area contributed by atoms with Gasteiger partial charge in [0.05, 0.1) is 0 Å². The van der Waals surface area contributed by atoms with Crippen LogP contribution in [0.15, 0.2) is 227 Å². The molecule has 0 radical (unpaired) electrons. The maximum Gasteiger partial charge on any atom is 0.136 e. The zero-order valence-electron chi connectivity index (χ0n) is 34.6. The van der Waals surface area contributed by atoms with Crippen molar-refractivity contribution in [3.8, 4) is 44.5 Å². The van der Waals surface area contributed by atoms with Crippen LogP contribution in [-0.2, 0) is 0 Å². The summed E-state index contributed by atoms with van der Waals surface area (Å²) in [7, 11) is 0. The second-order valence-electron chi connectivity index (χ2n) is 17.2. The first-order valence-electron chi connectivity index (χ1n) is 22.0. The summed E-state index contributed by atoms with van der Waals surface area (Å²) in [6.07, 6.45) is 0. The van der Waals surface area contributed by atoms with Crippen molar-refractivity contribution in [2.24, 2.45) is 0 Å². The molecule has 0 aliphatic rings. The van der Waals surface area contributed by atoms with Crippen LogP contribution in [0.5, 0.6) is 0 Å². The summed E-state index contributed by atoms with van der Waals surface area (Å²) in [6, 6.07) is 79.3. The van der Waals surface area contributed by atoms with Crippen molar-refractivity contribution in [3.63, 3.8) is 0 Å². The van der Waals surface area contributed by atoms with E-state index in [1.165, 1.54) is 65.3 Å². The summed E-state index contributed by atoms with van der Waals surface area (Å²) in [5.74, 6) is 0. The molecule has 2 aromatic heterocycles. The monoisotopic (exact) mass is 812 g/mol. The minimum absolute atomic E-state index is 0.868. The van der Waals surface area contributed by atoms with Gasteiger partial charge in [0.15, 0.2) is 0 Å². The van der Waals surface area contributed by atoms with Crippen molar-refractivity contribution >= 4 is 97.7 Å². The van der Waals surface area contributed by atoms with Gasteiger partial charge in [-0.25, -0.2) is 0 Å². The van der Waals surface area contributed by atoms with Crippen LogP contribution in [0.1, 0.15) is 0 Å². The second-order valence-corrected chi connectivity index (χ2v) is 17.2. The molecule has 0 saturated carbocycles. The first-order chi connectivity index (χ1) is 31.7. The number of rotatable bonds is 4. The predicted octanol–water partition coefficient (Wildman–Crippen LogP) is 17.9. The van der Waals surface area contributed by atoms with E-state index in [0.717, 1.165) is 76.9 Å². The zero-order chi connectivity index (χ0) is 41.9. The standard InChI is InChI=1S/C62H36O2/c1-3-17-47-43(11-1)29-55(51-21-7-5-19-49(47)51)41-15-9-13-37(27-41)39-23-25-53-57-31-45-32-58-54-26-24-40(34-60(54)64-62(58)36-46(45)35-61(57)63-59(53)33-39)38-14-10-16-42(28-38)56-30-44-12-2-4-18-48(44)50-20-6-8-22-52(50)56/h1-36H. The minimum atomic E-state index is 0.868. The van der Waals surface area contributed by atoms with Crippen molar-refractivity contribution in [3.05, 3.63) is 218 Å². The fourth-order valence-corrected chi connectivity index (χ4v) is 10.5. The summed E-state index contributed by atoms with van der Waals surface area (Å²) < 4.78 is 13.3. The van der Waals surface area contributed by atoms with Gasteiger partial charge >= 0.3 is 0 Å². The second kappa shape index (κ2) is 13.5. The molecule has 0 spiro atoms. The Morgan fingerprint density at radius 2 is 0.562 bits per heavy atom. The maximum atomic E-state index is 6.63. The Kier molecular flexibility index (Phi) is 7.43. The number of fused-ring (bicyclic) bond motifs is 13. The highest BCUT2D eigenvalue weighted by Gasteiger charge is 2.16. The van der Waals surface area contributed by atoms with Crippen molar-refractivity contribution in [2.75, 3.05) is 0 Å². The summed E-state index contributed by atoms with van der Waals surface area (Å²) >= 11 is 0. The predicted molar refractivity (Wildman–Crippen MR) is 270 cm³/mol. The van der Waals surface area contributed by atoms with Crippen molar-refractivity contribution in [2.45, 2.75) is 0 Å². The van der Waals surface area contributed by atoms with E-state index < -0.39 is 0 Å². The molecule has 2 heteroatoms. The molecule has 0 saturated heterocycles. The van der Waals surface area contributed by atoms with E-state index in [1.807, 2.05) is 0 Å². The molecule has 0 N–H and O–H groups in total. The highest BCUT2D eigenvalue weighted by molar-refractivity contribution is 6.17. The van der Waals surface area contributed by atoms with Crippen LogP contribution in [0.3, 0.4) is 0 Å². The average molecular weight is 813 g/mol. The molecule has 296 valence electrons. The lowest BCUT2D eigenvalue weighted by Crippen LogP contribution is -1.86. The molecule has 0 atom stereocenters. The lowest BCUT2D eigenvalue weighted by Gasteiger charge is -2.12. The molecule has 0 bridgehead atoms. The molecule has 2 heterocycles. The molecule has 0 amide bonds. The molecule has 14 aromatic rings. The summed E-state index contributed by atoms with van der Waals surface area (Å²) in [5, 5.41) is 16.8. The highest BCUT2D eigenvalue weighted by Crippen LogP contribution is 2.42. The van der Waals surface area contributed by atoms with Crippen LogP contribution in [0.2, 0.25) is 0 Å². The van der Waals surface area contributed by atoms with Gasteiger partial charge in [-0.1, -0.05) is 146 Å². The Balaban J connectivity index is 0.819. The van der Waals surface area contributed by atoms with Gasteiger partial charge in [0.1, 0.15) is 22.3 Å². The van der Waals surface area contributed by atoms with Crippen LogP contribution in [0.25, 0.3) is 142 Å². The van der Waals surface area contributed by atoms with Crippen LogP contribution >= 0.6 is 0 Å². The first kappa shape index (κ1) is 35.2. The molecule has 64 heavy (non-hydrogen) atoms. The fourth-order valence-electron chi connectivity index (χ4n) is 10.5. The number of furan rings is 2. The molecule has 2 nitrogen and oxygen atoms in total. The van der Waals surface area contributed by atoms with Crippen LogP contribution < -0.4 is 0 Å². The molecule has 14 rings (SSSR count). The smallest absolute Gasteiger partial charge is 0.136 e. The Morgan fingerprint density at radius 1 is 0.188 bits per heavy atom. The van der Waals surface area contributed by atoms with Gasteiger partial charge < -0.3 is 8.83 Å². The van der Waals surface area contributed by atoms with Crippen molar-refractivity contribution in [1.29, 1.82) is 0 Å². The van der Waals surface area contributed by atoms with E-state index in [-0.39, 0.29) is 0 Å². The van der Waals surface area contributed by atoms with Gasteiger partial charge in [-0.2, -0.15) is 0 Å². The third-order valence-corrected chi connectivity index (χ3v) is 13.6. The zero-order valence-corrected chi connectivity index (χ0v) is 34.6. The number of hydrogen-bond acceptors (Lipinski definition) is 2. The van der Waals surface area contributed by atoms with E-state index in [0.29, 0.717) is 0 Å². The first-order valence-corrected chi connectivity index (χ1v) is 22.0. The van der Waals surface area contributed by atoms with Gasteiger partial charge in [-0.15, -0.1) is 0 Å². The summed E-state index contributed by atoms with van der Waals surface area (Å²) in [4.78, 5) is 0. The van der Waals surface area contributed by atoms with Crippen molar-refractivity contribution in [1.82, 2.24) is 0 Å². The van der Waals surface area contributed by atoms with Gasteiger partial charge in [-0.05, 0) is 171 Å². The molecule has 0 fully saturated rings. The van der Waals surface area contributed by atoms with E-state index in [2.05, 4.69) is 218 Å². The van der Waals surface area contributed by atoms with E-state index in [1.54, 1.807) is 0 Å². The Hall–Kier alpha value is -8.46. The van der Waals surface area contributed by atoms with Crippen LogP contribution in [-0.4, -0.2) is 0 Å². The quantitative estimate of drug-likeness (QED) is 0.166. The fraction of sp³-hybridized carbons (Fsp3) is 0. The average Bonchev–Trinajstić information content (AvgIpc) is 3.90. The molecule has 0 aliphatic heterocycles. The highest BCUT2D eigenvalue weighted by atomic mass is 16.3. The molecule has 12 aromatic carbocycles. The maximum absolute atomic E-state index is 6.63. The number of hydrogen-bond donors (Lipinski definition) is 0. The van der Waals surface area contributed by atoms with Gasteiger partial charge in [0.2, 0.25) is 0 Å². The molecule has 0 aliphatic carbocycles. The SMILES string of the molecule is c1cc(-c2ccc3c(c2)oc2cc4cc5oc6cc(-c7cccc(-c8cc9ccccc9c9ccccc89)c7)ccc6c5cc4cc23)cc(-c2cc3ccccc3c3ccccc23)c1. The number of benzene rings is 12. The van der Waals surface area contributed by atoms with E-state index in [4.69, 9.17) is 8.83 Å². The lowest BCUT2D eigenvalue weighted by atomic mass is 9.91. The summed E-state index contributed by atoms with van der Waals surface area (Å²) in [6.45, 7) is 0. The largest absolute Gasteiger partial charge is 0.456 e. The Bertz CT molecular complexity index is 3990. The third kappa shape index (κ3) is 5.39. The van der Waals surface area contributed by atoms with Crippen molar-refractivity contribution < 1.29 is 8.83 Å². The topological polar surface area (TPSA) is 26.3 Å². The van der Waals surface area contributed by atoms with Gasteiger partial charge in [0, 0.05) is 21.5 Å². The van der Waals surface area contributed by atoms with E-state index >= 15 is 0 Å². The summed E-state index contributed by atoms with van der Waals surface area (Å²) in [5.41, 5.74) is 12.9. The van der Waals surface area contributed by atoms with Crippen LogP contribution in [0.4, 0.5) is 0 Å². The molecular formula is C62H36O2. The third-order valence-electron chi connectivity index (χ3n) is 13.6. The normalized spacial score (nSPS) is 12.1. The minimum Gasteiger partial charge on any atom is -0.456 e.